The number of halogens is 2. The van der Waals surface area contributed by atoms with E-state index in [1.807, 2.05) is 25.1 Å². The minimum atomic E-state index is -0.533. The van der Waals surface area contributed by atoms with E-state index in [4.69, 9.17) is 11.6 Å². The van der Waals surface area contributed by atoms with Crippen LogP contribution in [0.15, 0.2) is 48.9 Å². The van der Waals surface area contributed by atoms with Crippen molar-refractivity contribution in [1.82, 2.24) is 24.4 Å². The average molecular weight is 409 g/mol. The van der Waals surface area contributed by atoms with Gasteiger partial charge in [0.25, 0.3) is 0 Å². The molecule has 9 heteroatoms. The number of benzene rings is 1. The van der Waals surface area contributed by atoms with Gasteiger partial charge in [0.15, 0.2) is 11.6 Å². The van der Waals surface area contributed by atoms with Gasteiger partial charge in [0.05, 0.1) is 22.3 Å². The number of amides is 1. The molecule has 0 aliphatic rings. The fourth-order valence-electron chi connectivity index (χ4n) is 3.60. The Hall–Kier alpha value is -3.65. The zero-order chi connectivity index (χ0) is 20.1. The molecule has 29 heavy (non-hydrogen) atoms. The number of hydrogen-bond donors (Lipinski definition) is 2. The summed E-state index contributed by atoms with van der Waals surface area (Å²) in [6.07, 6.45) is 5.71. The molecule has 0 unspecified atom stereocenters. The highest BCUT2D eigenvalue weighted by molar-refractivity contribution is 6.35. The second-order valence-electron chi connectivity index (χ2n) is 6.61. The lowest BCUT2D eigenvalue weighted by atomic mass is 10.0. The predicted molar refractivity (Wildman–Crippen MR) is 109 cm³/mol. The van der Waals surface area contributed by atoms with Crippen LogP contribution < -0.4 is 5.32 Å². The third kappa shape index (κ3) is 2.60. The summed E-state index contributed by atoms with van der Waals surface area (Å²) in [5.41, 5.74) is 3.73. The van der Waals surface area contributed by atoms with Gasteiger partial charge < -0.3 is 9.88 Å². The highest BCUT2D eigenvalue weighted by Crippen LogP contribution is 2.41. The number of carbonyl (C=O) groups is 1. The number of H-pyrrole nitrogens is 1. The first-order chi connectivity index (χ1) is 14.1. The third-order valence-corrected chi connectivity index (χ3v) is 5.27. The van der Waals surface area contributed by atoms with Crippen molar-refractivity contribution in [3.05, 3.63) is 65.5 Å². The number of aromatic amines is 1. The van der Waals surface area contributed by atoms with E-state index < -0.39 is 5.82 Å². The van der Waals surface area contributed by atoms with Gasteiger partial charge in [0.2, 0.25) is 6.41 Å². The molecule has 0 saturated heterocycles. The molecule has 0 aliphatic heterocycles. The lowest BCUT2D eigenvalue weighted by Gasteiger charge is -2.14. The van der Waals surface area contributed by atoms with Crippen LogP contribution in [-0.4, -0.2) is 30.8 Å². The number of anilines is 1. The summed E-state index contributed by atoms with van der Waals surface area (Å²) in [6.45, 7) is 1.89. The molecule has 0 atom stereocenters. The summed E-state index contributed by atoms with van der Waals surface area (Å²) in [5.74, 6) is -0.115. The number of hydrogen-bond acceptors (Lipinski definition) is 3. The first-order valence-corrected chi connectivity index (χ1v) is 9.14. The number of rotatable bonds is 4. The molecule has 4 aromatic heterocycles. The Morgan fingerprint density at radius 3 is 2.90 bits per heavy atom. The number of fused-ring (bicyclic) bond motifs is 2. The van der Waals surface area contributed by atoms with E-state index in [-0.39, 0.29) is 5.02 Å². The molecule has 144 valence electrons. The highest BCUT2D eigenvalue weighted by Gasteiger charge is 2.23. The zero-order valence-electron chi connectivity index (χ0n) is 15.1. The fourth-order valence-corrected chi connectivity index (χ4v) is 3.90. The molecule has 4 heterocycles. The maximum absolute atomic E-state index is 15.5. The standard InChI is InChI=1S/C20H14ClFN6O/c1-11-3-2-5-27(11)20-18(22)17(21)16(14-9-24-25-19(14)20)12-4-6-28-13(7-12)8-15(26-28)23-10-29/h2-10H,1H3,(H,24,25)(H,23,26,29). The van der Waals surface area contributed by atoms with E-state index in [0.29, 0.717) is 39.9 Å². The number of pyridine rings is 1. The van der Waals surface area contributed by atoms with Crippen molar-refractivity contribution in [3.8, 4) is 16.8 Å². The van der Waals surface area contributed by atoms with Crippen LogP contribution in [0.25, 0.3) is 33.2 Å². The molecule has 5 aromatic rings. The van der Waals surface area contributed by atoms with Crippen LogP contribution in [0.3, 0.4) is 0 Å². The number of carbonyl (C=O) groups excluding carboxylic acids is 1. The predicted octanol–water partition coefficient (Wildman–Crippen LogP) is 4.34. The number of nitrogens with zero attached hydrogens (tertiary/aromatic N) is 4. The normalized spacial score (nSPS) is 11.4. The Bertz CT molecular complexity index is 1400. The third-order valence-electron chi connectivity index (χ3n) is 4.92. The first-order valence-electron chi connectivity index (χ1n) is 8.77. The summed E-state index contributed by atoms with van der Waals surface area (Å²) in [7, 11) is 0. The minimum absolute atomic E-state index is 0.0112. The summed E-state index contributed by atoms with van der Waals surface area (Å²) in [4.78, 5) is 10.7. The molecule has 5 rings (SSSR count). The smallest absolute Gasteiger partial charge is 0.212 e. The summed E-state index contributed by atoms with van der Waals surface area (Å²) in [6, 6.07) is 9.07. The molecular formula is C20H14ClFN6O. The number of aromatic nitrogens is 5. The van der Waals surface area contributed by atoms with Crippen LogP contribution in [-0.2, 0) is 4.79 Å². The van der Waals surface area contributed by atoms with Crippen LogP contribution in [0.5, 0.6) is 0 Å². The molecule has 2 N–H and O–H groups in total. The molecule has 1 amide bonds. The maximum Gasteiger partial charge on any atom is 0.212 e. The Balaban J connectivity index is 1.77. The molecule has 0 fully saturated rings. The van der Waals surface area contributed by atoms with E-state index >= 15 is 4.39 Å². The van der Waals surface area contributed by atoms with E-state index in [1.165, 1.54) is 0 Å². The van der Waals surface area contributed by atoms with Crippen molar-refractivity contribution in [1.29, 1.82) is 0 Å². The van der Waals surface area contributed by atoms with Crippen LogP contribution in [0.4, 0.5) is 10.2 Å². The van der Waals surface area contributed by atoms with Gasteiger partial charge in [-0.15, -0.1) is 0 Å². The molecule has 0 aliphatic carbocycles. The zero-order valence-corrected chi connectivity index (χ0v) is 15.9. The van der Waals surface area contributed by atoms with Gasteiger partial charge in [0, 0.05) is 35.1 Å². The molecular weight excluding hydrogens is 395 g/mol. The quantitative estimate of drug-likeness (QED) is 0.434. The highest BCUT2D eigenvalue weighted by atomic mass is 35.5. The summed E-state index contributed by atoms with van der Waals surface area (Å²) < 4.78 is 18.8. The largest absolute Gasteiger partial charge is 0.317 e. The number of aryl methyl sites for hydroxylation is 1. The topological polar surface area (TPSA) is 80.0 Å². The summed E-state index contributed by atoms with van der Waals surface area (Å²) >= 11 is 6.53. The fraction of sp³-hybridized carbons (Fsp3) is 0.0500. The van der Waals surface area contributed by atoms with Gasteiger partial charge in [0.1, 0.15) is 5.69 Å². The maximum atomic E-state index is 15.5. The van der Waals surface area contributed by atoms with Gasteiger partial charge in [-0.1, -0.05) is 11.6 Å². The Morgan fingerprint density at radius 1 is 1.28 bits per heavy atom. The van der Waals surface area contributed by atoms with Crippen molar-refractivity contribution < 1.29 is 9.18 Å². The molecule has 0 bridgehead atoms. The van der Waals surface area contributed by atoms with Crippen molar-refractivity contribution in [2.45, 2.75) is 6.92 Å². The van der Waals surface area contributed by atoms with Crippen molar-refractivity contribution in [2.75, 3.05) is 5.32 Å². The van der Waals surface area contributed by atoms with Crippen molar-refractivity contribution in [3.63, 3.8) is 0 Å². The first kappa shape index (κ1) is 17.4. The lowest BCUT2D eigenvalue weighted by molar-refractivity contribution is -0.105. The van der Waals surface area contributed by atoms with E-state index in [9.17, 15) is 4.79 Å². The van der Waals surface area contributed by atoms with Crippen molar-refractivity contribution >= 4 is 40.2 Å². The molecule has 1 aromatic carbocycles. The van der Waals surface area contributed by atoms with E-state index in [1.54, 1.807) is 39.8 Å². The Morgan fingerprint density at radius 2 is 2.14 bits per heavy atom. The van der Waals surface area contributed by atoms with Gasteiger partial charge in [-0.3, -0.25) is 9.89 Å². The van der Waals surface area contributed by atoms with Crippen molar-refractivity contribution in [2.24, 2.45) is 0 Å². The lowest BCUT2D eigenvalue weighted by Crippen LogP contribution is -2.02. The Labute approximate surface area is 168 Å². The average Bonchev–Trinajstić information content (AvgIpc) is 3.43. The second-order valence-corrected chi connectivity index (χ2v) is 6.98. The molecule has 0 saturated carbocycles. The van der Waals surface area contributed by atoms with Gasteiger partial charge in [-0.25, -0.2) is 8.91 Å². The SMILES string of the molecule is Cc1cccn1-c1c(F)c(Cl)c(-c2ccn3nc(NC=O)cc3c2)c2cn[nH]c12. The van der Waals surface area contributed by atoms with Crippen LogP contribution >= 0.6 is 11.6 Å². The van der Waals surface area contributed by atoms with Gasteiger partial charge in [-0.05, 0) is 36.8 Å². The Kier molecular flexibility index (Phi) is 3.88. The van der Waals surface area contributed by atoms with Crippen LogP contribution in [0.1, 0.15) is 5.69 Å². The second kappa shape index (κ2) is 6.46. The molecule has 0 radical (unpaired) electrons. The number of nitrogens with one attached hydrogen (secondary N) is 2. The van der Waals surface area contributed by atoms with E-state index in [0.717, 1.165) is 11.2 Å². The summed E-state index contributed by atoms with van der Waals surface area (Å²) in [5, 5.41) is 14.5. The minimum Gasteiger partial charge on any atom is -0.317 e. The molecule has 0 spiro atoms. The molecule has 7 nitrogen and oxygen atoms in total. The van der Waals surface area contributed by atoms with E-state index in [2.05, 4.69) is 20.6 Å². The van der Waals surface area contributed by atoms with Gasteiger partial charge >= 0.3 is 0 Å². The van der Waals surface area contributed by atoms with Crippen LogP contribution in [0.2, 0.25) is 5.02 Å². The van der Waals surface area contributed by atoms with Crippen LogP contribution in [0, 0.1) is 12.7 Å². The monoisotopic (exact) mass is 408 g/mol. The van der Waals surface area contributed by atoms with Gasteiger partial charge in [-0.2, -0.15) is 10.2 Å².